The Labute approximate surface area is 113 Å². The first kappa shape index (κ1) is 12.0. The molecule has 1 heterocycles. The van der Waals surface area contributed by atoms with Crippen LogP contribution in [0.15, 0.2) is 53.7 Å². The van der Waals surface area contributed by atoms with Gasteiger partial charge in [0.15, 0.2) is 5.60 Å². The Kier molecular flexibility index (Phi) is 2.86. The predicted octanol–water partition coefficient (Wildman–Crippen LogP) is 3.95. The number of nitrogens with zero attached hydrogens (tertiary/aromatic N) is 1. The lowest BCUT2D eigenvalue weighted by Gasteiger charge is -2.27. The molecule has 0 aromatic heterocycles. The molecule has 19 heavy (non-hydrogen) atoms. The van der Waals surface area contributed by atoms with E-state index in [4.69, 9.17) is 4.84 Å². The highest BCUT2D eigenvalue weighted by Crippen LogP contribution is 2.39. The van der Waals surface area contributed by atoms with Gasteiger partial charge in [0.05, 0.1) is 0 Å². The maximum atomic E-state index is 5.76. The molecule has 0 radical (unpaired) electrons. The Balaban J connectivity index is 2.09. The molecule has 1 aliphatic heterocycles. The number of aryl methyl sites for hydroxylation is 2. The van der Waals surface area contributed by atoms with Crippen LogP contribution in [0, 0.1) is 13.8 Å². The summed E-state index contributed by atoms with van der Waals surface area (Å²) >= 11 is 0. The third-order valence-corrected chi connectivity index (χ3v) is 3.70. The van der Waals surface area contributed by atoms with Crippen molar-refractivity contribution in [1.29, 1.82) is 0 Å². The maximum Gasteiger partial charge on any atom is 0.192 e. The average molecular weight is 251 g/mol. The van der Waals surface area contributed by atoms with E-state index in [1.807, 2.05) is 6.21 Å². The second-order valence-corrected chi connectivity index (χ2v) is 5.14. The van der Waals surface area contributed by atoms with Gasteiger partial charge in [-0.3, -0.25) is 0 Å². The lowest BCUT2D eigenvalue weighted by atomic mass is 9.83. The molecule has 0 aliphatic carbocycles. The molecular weight excluding hydrogens is 234 g/mol. The summed E-state index contributed by atoms with van der Waals surface area (Å²) < 4.78 is 0. The molecule has 2 aromatic rings. The zero-order valence-corrected chi connectivity index (χ0v) is 11.3. The first-order valence-electron chi connectivity index (χ1n) is 6.55. The van der Waals surface area contributed by atoms with Gasteiger partial charge in [0.1, 0.15) is 0 Å². The Morgan fingerprint density at radius 3 is 1.68 bits per heavy atom. The van der Waals surface area contributed by atoms with Crippen molar-refractivity contribution in [3.05, 3.63) is 70.8 Å². The largest absolute Gasteiger partial charge is 0.379 e. The van der Waals surface area contributed by atoms with E-state index < -0.39 is 5.60 Å². The van der Waals surface area contributed by atoms with Crippen molar-refractivity contribution in [2.45, 2.75) is 25.9 Å². The molecule has 0 amide bonds. The minimum atomic E-state index is -0.457. The van der Waals surface area contributed by atoms with E-state index in [-0.39, 0.29) is 0 Å². The fourth-order valence-corrected chi connectivity index (χ4v) is 2.48. The normalized spacial score (nSPS) is 16.3. The predicted molar refractivity (Wildman–Crippen MR) is 77.3 cm³/mol. The molecule has 0 spiro atoms. The van der Waals surface area contributed by atoms with Gasteiger partial charge >= 0.3 is 0 Å². The van der Waals surface area contributed by atoms with Crippen LogP contribution in [0.1, 0.15) is 28.7 Å². The molecule has 2 heteroatoms. The third-order valence-electron chi connectivity index (χ3n) is 3.70. The minimum absolute atomic E-state index is 0.457. The highest BCUT2D eigenvalue weighted by molar-refractivity contribution is 5.63. The number of oxime groups is 1. The van der Waals surface area contributed by atoms with Crippen molar-refractivity contribution in [3.63, 3.8) is 0 Å². The summed E-state index contributed by atoms with van der Waals surface area (Å²) in [4.78, 5) is 5.76. The molecular formula is C17H17NO. The zero-order valence-electron chi connectivity index (χ0n) is 11.3. The lowest BCUT2D eigenvalue weighted by Crippen LogP contribution is -2.26. The van der Waals surface area contributed by atoms with Gasteiger partial charge in [0.2, 0.25) is 0 Å². The molecule has 0 fully saturated rings. The van der Waals surface area contributed by atoms with E-state index in [1.165, 1.54) is 11.1 Å². The van der Waals surface area contributed by atoms with Crippen molar-refractivity contribution < 1.29 is 4.84 Å². The van der Waals surface area contributed by atoms with Crippen LogP contribution >= 0.6 is 0 Å². The third kappa shape index (κ3) is 2.03. The molecule has 0 bridgehead atoms. The van der Waals surface area contributed by atoms with Crippen molar-refractivity contribution in [2.24, 2.45) is 5.16 Å². The summed E-state index contributed by atoms with van der Waals surface area (Å²) in [6.45, 7) is 4.18. The van der Waals surface area contributed by atoms with Gasteiger partial charge < -0.3 is 4.84 Å². The van der Waals surface area contributed by atoms with Crippen LogP contribution in [0.3, 0.4) is 0 Å². The Hall–Kier alpha value is -2.09. The quantitative estimate of drug-likeness (QED) is 0.792. The fraction of sp³-hybridized carbons (Fsp3) is 0.235. The molecule has 0 unspecified atom stereocenters. The van der Waals surface area contributed by atoms with Gasteiger partial charge in [-0.2, -0.15) is 0 Å². The van der Waals surface area contributed by atoms with Crippen molar-refractivity contribution in [3.8, 4) is 0 Å². The van der Waals surface area contributed by atoms with Gasteiger partial charge in [-0.1, -0.05) is 64.8 Å². The molecule has 96 valence electrons. The van der Waals surface area contributed by atoms with E-state index >= 15 is 0 Å². The number of benzene rings is 2. The number of hydrogen-bond acceptors (Lipinski definition) is 2. The lowest BCUT2D eigenvalue weighted by molar-refractivity contribution is 0.0112. The Morgan fingerprint density at radius 1 is 0.842 bits per heavy atom. The van der Waals surface area contributed by atoms with Gasteiger partial charge in [-0.05, 0) is 13.8 Å². The molecule has 3 rings (SSSR count). The van der Waals surface area contributed by atoms with Crippen LogP contribution in [0.4, 0.5) is 0 Å². The summed E-state index contributed by atoms with van der Waals surface area (Å²) in [5, 5.41) is 4.01. The van der Waals surface area contributed by atoms with Gasteiger partial charge in [0, 0.05) is 23.8 Å². The summed E-state index contributed by atoms with van der Waals surface area (Å²) in [5.74, 6) is 0. The molecule has 0 saturated heterocycles. The van der Waals surface area contributed by atoms with E-state index in [0.717, 1.165) is 17.5 Å². The zero-order chi connectivity index (χ0) is 13.3. The van der Waals surface area contributed by atoms with Gasteiger partial charge in [-0.15, -0.1) is 0 Å². The van der Waals surface area contributed by atoms with E-state index in [0.29, 0.717) is 0 Å². The SMILES string of the molecule is Cc1ccc(C2(c3ccc(C)cc3)CC=NO2)cc1. The first-order chi connectivity index (χ1) is 9.21. The first-order valence-corrected chi connectivity index (χ1v) is 6.55. The van der Waals surface area contributed by atoms with Crippen LogP contribution < -0.4 is 0 Å². The molecule has 0 atom stereocenters. The van der Waals surface area contributed by atoms with Crippen LogP contribution in [-0.2, 0) is 10.4 Å². The van der Waals surface area contributed by atoms with Crippen LogP contribution in [0.25, 0.3) is 0 Å². The highest BCUT2D eigenvalue weighted by atomic mass is 16.7. The second kappa shape index (κ2) is 4.54. The van der Waals surface area contributed by atoms with E-state index in [2.05, 4.69) is 67.5 Å². The van der Waals surface area contributed by atoms with E-state index in [9.17, 15) is 0 Å². The Morgan fingerprint density at radius 2 is 1.32 bits per heavy atom. The summed E-state index contributed by atoms with van der Waals surface area (Å²) in [7, 11) is 0. The minimum Gasteiger partial charge on any atom is -0.379 e. The fourth-order valence-electron chi connectivity index (χ4n) is 2.48. The van der Waals surface area contributed by atoms with Crippen LogP contribution in [0.2, 0.25) is 0 Å². The van der Waals surface area contributed by atoms with Crippen molar-refractivity contribution >= 4 is 6.21 Å². The summed E-state index contributed by atoms with van der Waals surface area (Å²) in [5.41, 5.74) is 4.35. The average Bonchev–Trinajstić information content (AvgIpc) is 2.91. The van der Waals surface area contributed by atoms with Crippen molar-refractivity contribution in [1.82, 2.24) is 0 Å². The highest BCUT2D eigenvalue weighted by Gasteiger charge is 2.39. The van der Waals surface area contributed by atoms with Gasteiger partial charge in [0.25, 0.3) is 0 Å². The molecule has 2 nitrogen and oxygen atoms in total. The van der Waals surface area contributed by atoms with Crippen LogP contribution in [-0.4, -0.2) is 6.21 Å². The summed E-state index contributed by atoms with van der Waals surface area (Å²) in [6, 6.07) is 17.0. The monoisotopic (exact) mass is 251 g/mol. The van der Waals surface area contributed by atoms with Gasteiger partial charge in [-0.25, -0.2) is 0 Å². The molecule has 1 aliphatic rings. The Bertz CT molecular complexity index is 541. The standard InChI is InChI=1S/C17H17NO/c1-13-3-7-15(8-4-13)17(11-12-18-19-17)16-9-5-14(2)6-10-16/h3-10,12H,11H2,1-2H3. The second-order valence-electron chi connectivity index (χ2n) is 5.14. The number of rotatable bonds is 2. The molecule has 2 aromatic carbocycles. The molecule has 0 saturated carbocycles. The summed E-state index contributed by atoms with van der Waals surface area (Å²) in [6.07, 6.45) is 2.62. The number of hydrogen-bond donors (Lipinski definition) is 0. The van der Waals surface area contributed by atoms with Crippen molar-refractivity contribution in [2.75, 3.05) is 0 Å². The van der Waals surface area contributed by atoms with E-state index in [1.54, 1.807) is 0 Å². The smallest absolute Gasteiger partial charge is 0.192 e. The topological polar surface area (TPSA) is 21.6 Å². The van der Waals surface area contributed by atoms with Crippen LogP contribution in [0.5, 0.6) is 0 Å². The maximum absolute atomic E-state index is 5.76. The molecule has 0 N–H and O–H groups in total.